The second-order valence-electron chi connectivity index (χ2n) is 9.01. The van der Waals surface area contributed by atoms with E-state index in [1.54, 1.807) is 12.1 Å². The van der Waals surface area contributed by atoms with E-state index in [0.717, 1.165) is 16.9 Å². The lowest BCUT2D eigenvalue weighted by Crippen LogP contribution is -2.43. The molecule has 0 unspecified atom stereocenters. The fourth-order valence-electron chi connectivity index (χ4n) is 4.48. The van der Waals surface area contributed by atoms with E-state index in [0.29, 0.717) is 35.8 Å². The highest BCUT2D eigenvalue weighted by atomic mass is 16.5. The number of carbonyl (C=O) groups excluding carboxylic acids is 2. The van der Waals surface area contributed by atoms with Gasteiger partial charge in [0.1, 0.15) is 12.4 Å². The van der Waals surface area contributed by atoms with Crippen LogP contribution in [0.4, 0.5) is 0 Å². The van der Waals surface area contributed by atoms with Crippen LogP contribution in [-0.4, -0.2) is 66.2 Å². The monoisotopic (exact) mass is 496 g/mol. The molecule has 9 nitrogen and oxygen atoms in total. The number of fused-ring (bicyclic) bond motifs is 1. The highest BCUT2D eigenvalue weighted by molar-refractivity contribution is 5.95. The van der Waals surface area contributed by atoms with Crippen molar-refractivity contribution in [2.75, 3.05) is 27.9 Å². The minimum Gasteiger partial charge on any atom is -0.493 e. The van der Waals surface area contributed by atoms with E-state index < -0.39 is 0 Å². The molecule has 0 aliphatic heterocycles. The molecule has 1 heterocycles. The largest absolute Gasteiger partial charge is 0.493 e. The Morgan fingerprint density at radius 2 is 1.58 bits per heavy atom. The van der Waals surface area contributed by atoms with Gasteiger partial charge in [-0.3, -0.25) is 9.59 Å². The molecule has 2 aromatic carbocycles. The van der Waals surface area contributed by atoms with Crippen LogP contribution in [0, 0.1) is 0 Å². The lowest BCUT2D eigenvalue weighted by molar-refractivity contribution is -0.135. The van der Waals surface area contributed by atoms with E-state index in [-0.39, 0.29) is 30.4 Å². The molecule has 194 valence electrons. The molecule has 0 saturated carbocycles. The normalized spacial score (nSPS) is 11.1. The Morgan fingerprint density at radius 3 is 2.14 bits per heavy atom. The molecule has 0 aliphatic rings. The van der Waals surface area contributed by atoms with Crippen LogP contribution < -0.4 is 19.5 Å². The fraction of sp³-hybridized carbons (Fsp3) is 0.444. The van der Waals surface area contributed by atoms with Gasteiger partial charge in [0, 0.05) is 30.6 Å². The number of benzene rings is 2. The number of carbonyl (C=O) groups is 2. The van der Waals surface area contributed by atoms with Crippen LogP contribution in [0.5, 0.6) is 17.2 Å². The molecule has 0 bridgehead atoms. The van der Waals surface area contributed by atoms with Gasteiger partial charge in [-0.15, -0.1) is 0 Å². The smallest absolute Gasteiger partial charge is 0.251 e. The van der Waals surface area contributed by atoms with Gasteiger partial charge < -0.3 is 29.0 Å². The van der Waals surface area contributed by atoms with Crippen molar-refractivity contribution in [3.05, 3.63) is 47.8 Å². The van der Waals surface area contributed by atoms with E-state index in [2.05, 4.69) is 5.32 Å². The molecule has 9 heteroatoms. The summed E-state index contributed by atoms with van der Waals surface area (Å²) >= 11 is 0. The van der Waals surface area contributed by atoms with Gasteiger partial charge in [0.15, 0.2) is 11.5 Å². The first-order valence-corrected chi connectivity index (χ1v) is 12.0. The molecular formula is C27H36N4O5. The van der Waals surface area contributed by atoms with E-state index in [4.69, 9.17) is 19.2 Å². The number of aromatic nitrogens is 2. The predicted octanol–water partition coefficient (Wildman–Crippen LogP) is 3.68. The molecule has 0 radical (unpaired) electrons. The Kier molecular flexibility index (Phi) is 8.79. The molecule has 0 spiro atoms. The fourth-order valence-corrected chi connectivity index (χ4v) is 4.48. The molecule has 3 rings (SSSR count). The number of methoxy groups -OCH3 is 3. The number of ether oxygens (including phenoxy) is 3. The third-order valence-corrected chi connectivity index (χ3v) is 5.99. The van der Waals surface area contributed by atoms with E-state index >= 15 is 0 Å². The minimum absolute atomic E-state index is 0.0332. The summed E-state index contributed by atoms with van der Waals surface area (Å²) in [5.41, 5.74) is 2.10. The lowest BCUT2D eigenvalue weighted by Gasteiger charge is -2.31. The Bertz CT molecular complexity index is 1190. The topological polar surface area (TPSA) is 94.9 Å². The average molecular weight is 497 g/mol. The van der Waals surface area contributed by atoms with Crippen LogP contribution in [0.1, 0.15) is 43.9 Å². The number of rotatable bonds is 11. The second-order valence-corrected chi connectivity index (χ2v) is 9.01. The Hall–Kier alpha value is -3.75. The number of imidazole rings is 1. The second kappa shape index (κ2) is 11.8. The molecule has 1 aromatic heterocycles. The van der Waals surface area contributed by atoms with Gasteiger partial charge in [0.25, 0.3) is 5.91 Å². The average Bonchev–Trinajstić information content (AvgIpc) is 3.19. The third-order valence-electron chi connectivity index (χ3n) is 5.99. The number of hydrogen-bond acceptors (Lipinski definition) is 6. The number of hydrogen-bond donors (Lipinski definition) is 1. The van der Waals surface area contributed by atoms with Crippen LogP contribution >= 0.6 is 0 Å². The highest BCUT2D eigenvalue weighted by Gasteiger charge is 2.23. The van der Waals surface area contributed by atoms with Crippen LogP contribution in [-0.2, 0) is 17.8 Å². The van der Waals surface area contributed by atoms with Crippen LogP contribution in [0.25, 0.3) is 11.0 Å². The van der Waals surface area contributed by atoms with Crippen LogP contribution in [0.3, 0.4) is 0 Å². The van der Waals surface area contributed by atoms with Gasteiger partial charge >= 0.3 is 0 Å². The van der Waals surface area contributed by atoms with E-state index in [1.807, 2.05) is 61.4 Å². The summed E-state index contributed by atoms with van der Waals surface area (Å²) < 4.78 is 18.0. The predicted molar refractivity (Wildman–Crippen MR) is 139 cm³/mol. The lowest BCUT2D eigenvalue weighted by atomic mass is 10.1. The summed E-state index contributed by atoms with van der Waals surface area (Å²) in [5, 5.41) is 2.93. The van der Waals surface area contributed by atoms with Crippen molar-refractivity contribution in [2.45, 2.75) is 52.7 Å². The number of para-hydroxylation sites is 2. The van der Waals surface area contributed by atoms with Gasteiger partial charge in [0.2, 0.25) is 11.7 Å². The third kappa shape index (κ3) is 5.72. The quantitative estimate of drug-likeness (QED) is 0.435. The maximum absolute atomic E-state index is 13.2. The molecule has 2 amide bonds. The maximum Gasteiger partial charge on any atom is 0.251 e. The highest BCUT2D eigenvalue weighted by Crippen LogP contribution is 2.38. The zero-order chi connectivity index (χ0) is 26.4. The minimum atomic E-state index is -0.279. The van der Waals surface area contributed by atoms with Gasteiger partial charge in [-0.1, -0.05) is 12.1 Å². The van der Waals surface area contributed by atoms with Crippen molar-refractivity contribution < 1.29 is 23.8 Å². The van der Waals surface area contributed by atoms with E-state index in [9.17, 15) is 9.59 Å². The van der Waals surface area contributed by atoms with Crippen molar-refractivity contribution in [3.63, 3.8) is 0 Å². The SMILES string of the molecule is COc1cc(C(=O)NCCc2nc3ccccc3n2CC(=O)N(C(C)C)C(C)C)cc(OC)c1OC. The molecule has 0 aliphatic carbocycles. The summed E-state index contributed by atoms with van der Waals surface area (Å²) in [6, 6.07) is 11.1. The molecule has 36 heavy (non-hydrogen) atoms. The number of nitrogens with one attached hydrogen (secondary N) is 1. The van der Waals surface area contributed by atoms with Crippen molar-refractivity contribution in [2.24, 2.45) is 0 Å². The Morgan fingerprint density at radius 1 is 0.972 bits per heavy atom. The van der Waals surface area contributed by atoms with Crippen molar-refractivity contribution in [1.82, 2.24) is 19.8 Å². The molecule has 0 saturated heterocycles. The molecule has 0 atom stereocenters. The summed E-state index contributed by atoms with van der Waals surface area (Å²) in [4.78, 5) is 32.7. The Labute approximate surface area is 212 Å². The van der Waals surface area contributed by atoms with Gasteiger partial charge in [-0.05, 0) is 52.0 Å². The molecule has 0 fully saturated rings. The van der Waals surface area contributed by atoms with Crippen molar-refractivity contribution in [1.29, 1.82) is 0 Å². The summed E-state index contributed by atoms with van der Waals surface area (Å²) in [6.45, 7) is 8.60. The molecule has 3 aromatic rings. The van der Waals surface area contributed by atoms with Gasteiger partial charge in [-0.25, -0.2) is 4.98 Å². The summed E-state index contributed by atoms with van der Waals surface area (Å²) in [5.74, 6) is 1.72. The van der Waals surface area contributed by atoms with Crippen molar-refractivity contribution >= 4 is 22.8 Å². The standard InChI is InChI=1S/C27H36N4O5/c1-17(2)31(18(3)4)25(32)16-30-21-11-9-8-10-20(21)29-24(30)12-13-28-27(33)19-14-22(34-5)26(36-7)23(15-19)35-6/h8-11,14-15,17-18H,12-13,16H2,1-7H3,(H,28,33). The maximum atomic E-state index is 13.2. The Balaban J connectivity index is 1.79. The molecule has 1 N–H and O–H groups in total. The summed E-state index contributed by atoms with van der Waals surface area (Å²) in [7, 11) is 4.52. The summed E-state index contributed by atoms with van der Waals surface area (Å²) in [6.07, 6.45) is 0.460. The van der Waals surface area contributed by atoms with Crippen molar-refractivity contribution in [3.8, 4) is 17.2 Å². The first-order chi connectivity index (χ1) is 17.2. The zero-order valence-electron chi connectivity index (χ0n) is 22.1. The number of nitrogens with zero attached hydrogens (tertiary/aromatic N) is 3. The number of amides is 2. The van der Waals surface area contributed by atoms with E-state index in [1.165, 1.54) is 21.3 Å². The first kappa shape index (κ1) is 26.8. The zero-order valence-corrected chi connectivity index (χ0v) is 22.1. The van der Waals surface area contributed by atoms with Crippen LogP contribution in [0.2, 0.25) is 0 Å². The van der Waals surface area contributed by atoms with Gasteiger partial charge in [-0.2, -0.15) is 0 Å². The van der Waals surface area contributed by atoms with Gasteiger partial charge in [0.05, 0.1) is 32.4 Å². The van der Waals surface area contributed by atoms with Crippen LogP contribution in [0.15, 0.2) is 36.4 Å². The first-order valence-electron chi connectivity index (χ1n) is 12.0. The molecular weight excluding hydrogens is 460 g/mol.